The zero-order chi connectivity index (χ0) is 22.1. The number of hydrogen-bond acceptors (Lipinski definition) is 7. The van der Waals surface area contributed by atoms with Crippen molar-refractivity contribution in [3.8, 4) is 34.5 Å². The summed E-state index contributed by atoms with van der Waals surface area (Å²) in [5.41, 5.74) is 1.43. The van der Waals surface area contributed by atoms with Gasteiger partial charge in [0.1, 0.15) is 0 Å². The Kier molecular flexibility index (Phi) is 8.22. The number of hydrogen-bond donors (Lipinski definition) is 1. The van der Waals surface area contributed by atoms with Crippen LogP contribution >= 0.6 is 0 Å². The highest BCUT2D eigenvalue weighted by atomic mass is 16.5. The van der Waals surface area contributed by atoms with Gasteiger partial charge in [-0.1, -0.05) is 0 Å². The molecule has 2 aromatic carbocycles. The number of ether oxygens (including phenoxy) is 6. The van der Waals surface area contributed by atoms with Crippen molar-refractivity contribution in [2.75, 3.05) is 42.7 Å². The Morgan fingerprint density at radius 3 is 1.80 bits per heavy atom. The molecule has 0 atom stereocenters. The molecule has 0 radical (unpaired) electrons. The highest BCUT2D eigenvalue weighted by molar-refractivity contribution is 5.92. The number of benzene rings is 2. The standard InChI is InChI=1S/C22H27NO7/c1-25-16-10-7-14(19(27-3)21(16)29-5)9-12-18(24)23-13-15-8-11-17(26-2)22(30-6)20(15)28-4/h7-12H,13H2,1-6H3,(H,23,24)/b12-9+. The molecule has 0 aliphatic rings. The van der Waals surface area contributed by atoms with Gasteiger partial charge in [-0.05, 0) is 30.3 Å². The largest absolute Gasteiger partial charge is 0.493 e. The number of carbonyl (C=O) groups excluding carboxylic acids is 1. The van der Waals surface area contributed by atoms with Crippen molar-refractivity contribution < 1.29 is 33.2 Å². The summed E-state index contributed by atoms with van der Waals surface area (Å²) in [4.78, 5) is 12.4. The number of nitrogens with one attached hydrogen (secondary N) is 1. The second-order valence-electron chi connectivity index (χ2n) is 5.97. The lowest BCUT2D eigenvalue weighted by molar-refractivity contribution is -0.116. The third kappa shape index (κ3) is 4.89. The van der Waals surface area contributed by atoms with Gasteiger partial charge in [0.25, 0.3) is 0 Å². The second-order valence-corrected chi connectivity index (χ2v) is 5.97. The number of methoxy groups -OCH3 is 6. The SMILES string of the molecule is COc1ccc(/C=C/C(=O)NCc2ccc(OC)c(OC)c2OC)c(OC)c1OC. The van der Waals surface area contributed by atoms with Gasteiger partial charge in [0.15, 0.2) is 23.0 Å². The Morgan fingerprint density at radius 1 is 0.733 bits per heavy atom. The fourth-order valence-corrected chi connectivity index (χ4v) is 2.96. The van der Waals surface area contributed by atoms with Crippen molar-refractivity contribution in [3.05, 3.63) is 41.5 Å². The van der Waals surface area contributed by atoms with Gasteiger partial charge in [-0.15, -0.1) is 0 Å². The molecule has 30 heavy (non-hydrogen) atoms. The predicted molar refractivity (Wildman–Crippen MR) is 113 cm³/mol. The molecule has 162 valence electrons. The van der Waals surface area contributed by atoms with Gasteiger partial charge in [0.2, 0.25) is 17.4 Å². The summed E-state index contributed by atoms with van der Waals surface area (Å²) in [7, 11) is 9.21. The number of carbonyl (C=O) groups is 1. The van der Waals surface area contributed by atoms with Crippen molar-refractivity contribution in [3.63, 3.8) is 0 Å². The first-order valence-corrected chi connectivity index (χ1v) is 9.07. The fraction of sp³-hybridized carbons (Fsp3) is 0.318. The first-order valence-electron chi connectivity index (χ1n) is 9.07. The summed E-state index contributed by atoms with van der Waals surface area (Å²) < 4.78 is 32.1. The first-order chi connectivity index (χ1) is 14.5. The van der Waals surface area contributed by atoms with Crippen molar-refractivity contribution in [2.24, 2.45) is 0 Å². The van der Waals surface area contributed by atoms with E-state index in [0.29, 0.717) is 40.1 Å². The van der Waals surface area contributed by atoms with Crippen molar-refractivity contribution in [2.45, 2.75) is 6.54 Å². The monoisotopic (exact) mass is 417 g/mol. The van der Waals surface area contributed by atoms with Crippen LogP contribution in [0.3, 0.4) is 0 Å². The molecular weight excluding hydrogens is 390 g/mol. The highest BCUT2D eigenvalue weighted by Gasteiger charge is 2.16. The van der Waals surface area contributed by atoms with E-state index in [0.717, 1.165) is 5.56 Å². The number of rotatable bonds is 10. The van der Waals surface area contributed by atoms with Gasteiger partial charge in [0.05, 0.1) is 42.7 Å². The smallest absolute Gasteiger partial charge is 0.244 e. The molecule has 8 nitrogen and oxygen atoms in total. The van der Waals surface area contributed by atoms with E-state index < -0.39 is 0 Å². The van der Waals surface area contributed by atoms with E-state index in [1.807, 2.05) is 6.07 Å². The minimum atomic E-state index is -0.288. The molecule has 0 saturated carbocycles. The lowest BCUT2D eigenvalue weighted by atomic mass is 10.1. The van der Waals surface area contributed by atoms with E-state index >= 15 is 0 Å². The maximum Gasteiger partial charge on any atom is 0.244 e. The van der Waals surface area contributed by atoms with Crippen LogP contribution in [0.1, 0.15) is 11.1 Å². The van der Waals surface area contributed by atoms with Gasteiger partial charge in [-0.3, -0.25) is 4.79 Å². The molecule has 1 amide bonds. The summed E-state index contributed by atoms with van der Waals surface area (Å²) in [6.07, 6.45) is 3.05. The van der Waals surface area contributed by atoms with Crippen LogP contribution in [-0.4, -0.2) is 48.6 Å². The zero-order valence-corrected chi connectivity index (χ0v) is 18.0. The van der Waals surface area contributed by atoms with Crippen LogP contribution in [0, 0.1) is 0 Å². The summed E-state index contributed by atoms with van der Waals surface area (Å²) in [5, 5.41) is 2.82. The molecule has 2 rings (SSSR count). The minimum absolute atomic E-state index is 0.246. The summed E-state index contributed by atoms with van der Waals surface area (Å²) in [5.74, 6) is 2.70. The number of amides is 1. The van der Waals surface area contributed by atoms with Crippen LogP contribution < -0.4 is 33.7 Å². The van der Waals surface area contributed by atoms with Crippen molar-refractivity contribution in [1.29, 1.82) is 0 Å². The maximum atomic E-state index is 12.4. The fourth-order valence-electron chi connectivity index (χ4n) is 2.96. The summed E-state index contributed by atoms with van der Waals surface area (Å²) in [6, 6.07) is 7.09. The van der Waals surface area contributed by atoms with Gasteiger partial charge < -0.3 is 33.7 Å². The van der Waals surface area contributed by atoms with Crippen LogP contribution in [0.25, 0.3) is 6.08 Å². The highest BCUT2D eigenvalue weighted by Crippen LogP contribution is 2.41. The first kappa shape index (κ1) is 22.7. The average molecular weight is 417 g/mol. The van der Waals surface area contributed by atoms with E-state index in [9.17, 15) is 4.79 Å². The molecule has 0 heterocycles. The van der Waals surface area contributed by atoms with Gasteiger partial charge in [-0.25, -0.2) is 0 Å². The van der Waals surface area contributed by atoms with Crippen LogP contribution in [0.4, 0.5) is 0 Å². The van der Waals surface area contributed by atoms with Crippen LogP contribution in [0.15, 0.2) is 30.3 Å². The van der Waals surface area contributed by atoms with E-state index in [4.69, 9.17) is 28.4 Å². The summed E-state index contributed by atoms with van der Waals surface area (Å²) >= 11 is 0. The van der Waals surface area contributed by atoms with Crippen LogP contribution in [0.5, 0.6) is 34.5 Å². The molecular formula is C22H27NO7. The molecule has 0 spiro atoms. The van der Waals surface area contributed by atoms with E-state index in [1.165, 1.54) is 34.5 Å². The zero-order valence-electron chi connectivity index (χ0n) is 18.0. The van der Waals surface area contributed by atoms with Gasteiger partial charge in [-0.2, -0.15) is 0 Å². The third-order valence-electron chi connectivity index (χ3n) is 4.39. The van der Waals surface area contributed by atoms with Crippen molar-refractivity contribution in [1.82, 2.24) is 5.32 Å². The van der Waals surface area contributed by atoms with Crippen LogP contribution in [-0.2, 0) is 11.3 Å². The lowest BCUT2D eigenvalue weighted by Gasteiger charge is -2.16. The summed E-state index contributed by atoms with van der Waals surface area (Å²) in [6.45, 7) is 0.246. The Balaban J connectivity index is 2.17. The van der Waals surface area contributed by atoms with Crippen LogP contribution in [0.2, 0.25) is 0 Å². The Bertz CT molecular complexity index is 909. The molecule has 0 aliphatic carbocycles. The minimum Gasteiger partial charge on any atom is -0.493 e. The molecule has 0 saturated heterocycles. The Hall–Kier alpha value is -3.55. The molecule has 0 unspecified atom stereocenters. The Morgan fingerprint density at radius 2 is 1.27 bits per heavy atom. The maximum absolute atomic E-state index is 12.4. The third-order valence-corrected chi connectivity index (χ3v) is 4.39. The Labute approximate surface area is 176 Å². The van der Waals surface area contributed by atoms with E-state index in [2.05, 4.69) is 5.32 Å². The van der Waals surface area contributed by atoms with Gasteiger partial charge >= 0.3 is 0 Å². The molecule has 0 aromatic heterocycles. The van der Waals surface area contributed by atoms with Gasteiger partial charge in [0, 0.05) is 23.7 Å². The normalized spacial score (nSPS) is 10.5. The lowest BCUT2D eigenvalue weighted by Crippen LogP contribution is -2.20. The van der Waals surface area contributed by atoms with E-state index in [1.54, 1.807) is 38.5 Å². The molecule has 0 aliphatic heterocycles. The predicted octanol–water partition coefficient (Wildman–Crippen LogP) is 3.07. The topological polar surface area (TPSA) is 84.5 Å². The quantitative estimate of drug-likeness (QED) is 0.595. The molecule has 8 heteroatoms. The molecule has 2 aromatic rings. The average Bonchev–Trinajstić information content (AvgIpc) is 2.79. The van der Waals surface area contributed by atoms with Crippen molar-refractivity contribution >= 4 is 12.0 Å². The van der Waals surface area contributed by atoms with E-state index in [-0.39, 0.29) is 12.5 Å². The second kappa shape index (κ2) is 10.8. The molecule has 0 fully saturated rings. The molecule has 1 N–H and O–H groups in total. The molecule has 0 bridgehead atoms.